The van der Waals surface area contributed by atoms with Crippen molar-refractivity contribution in [3.05, 3.63) is 134 Å². The van der Waals surface area contributed by atoms with E-state index in [0.29, 0.717) is 0 Å². The van der Waals surface area contributed by atoms with Crippen molar-refractivity contribution in [1.29, 1.82) is 0 Å². The third kappa shape index (κ3) is 3.39. The Morgan fingerprint density at radius 2 is 1.05 bits per heavy atom. The molecule has 0 amide bonds. The van der Waals surface area contributed by atoms with Gasteiger partial charge >= 0.3 is 0 Å². The highest BCUT2D eigenvalue weighted by Crippen LogP contribution is 2.40. The monoisotopic (exact) mass is 562 g/mol. The molecule has 0 fully saturated rings. The van der Waals surface area contributed by atoms with Gasteiger partial charge in [-0.25, -0.2) is 4.98 Å². The maximum atomic E-state index is 6.36. The first-order chi connectivity index (χ1) is 21.8. The van der Waals surface area contributed by atoms with E-state index in [1.54, 1.807) is 0 Å². The summed E-state index contributed by atoms with van der Waals surface area (Å²) >= 11 is 0. The van der Waals surface area contributed by atoms with Crippen LogP contribution in [-0.2, 0) is 0 Å². The molecule has 10 aromatic rings. The number of furan rings is 2. The summed E-state index contributed by atoms with van der Waals surface area (Å²) in [7, 11) is 0. The third-order valence-electron chi connectivity index (χ3n) is 8.88. The average molecular weight is 563 g/mol. The first kappa shape index (κ1) is 23.6. The van der Waals surface area contributed by atoms with Gasteiger partial charge in [0.15, 0.2) is 11.2 Å². The molecule has 6 aromatic carbocycles. The van der Waals surface area contributed by atoms with Crippen LogP contribution in [0.25, 0.3) is 98.8 Å². The van der Waals surface area contributed by atoms with Crippen LogP contribution in [0.1, 0.15) is 0 Å². The molecule has 0 bridgehead atoms. The van der Waals surface area contributed by atoms with E-state index < -0.39 is 0 Å². The molecule has 0 aliphatic heterocycles. The number of pyridine rings is 2. The Labute approximate surface area is 250 Å². The molecule has 0 saturated carbocycles. The lowest BCUT2D eigenvalue weighted by Gasteiger charge is -2.08. The molecule has 0 aliphatic rings. The van der Waals surface area contributed by atoms with Crippen LogP contribution in [0, 0.1) is 0 Å². The van der Waals surface area contributed by atoms with Crippen LogP contribution in [0.5, 0.6) is 0 Å². The minimum absolute atomic E-state index is 0.794. The fourth-order valence-electron chi connectivity index (χ4n) is 6.67. The van der Waals surface area contributed by atoms with Gasteiger partial charge in [-0.05, 0) is 76.5 Å². The first-order valence-electron chi connectivity index (χ1n) is 14.7. The fraction of sp³-hybridized carbons (Fsp3) is 0. The lowest BCUT2D eigenvalue weighted by atomic mass is 9.98. The molecule has 0 saturated heterocycles. The van der Waals surface area contributed by atoms with Gasteiger partial charge in [-0.1, -0.05) is 72.8 Å². The molecule has 4 nitrogen and oxygen atoms in total. The molecule has 4 aromatic heterocycles. The zero-order valence-electron chi connectivity index (χ0n) is 23.4. The summed E-state index contributed by atoms with van der Waals surface area (Å²) in [6, 6.07) is 44.5. The van der Waals surface area contributed by atoms with Gasteiger partial charge in [0.25, 0.3) is 0 Å². The molecule has 0 N–H and O–H groups in total. The van der Waals surface area contributed by atoms with Crippen molar-refractivity contribution in [2.24, 2.45) is 0 Å². The van der Waals surface area contributed by atoms with Crippen LogP contribution in [0.3, 0.4) is 0 Å². The van der Waals surface area contributed by atoms with Crippen molar-refractivity contribution in [1.82, 2.24) is 9.97 Å². The number of benzene rings is 6. The highest BCUT2D eigenvalue weighted by atomic mass is 16.4. The second kappa shape index (κ2) is 8.76. The van der Waals surface area contributed by atoms with E-state index >= 15 is 0 Å². The Morgan fingerprint density at radius 1 is 0.409 bits per heavy atom. The summed E-state index contributed by atoms with van der Waals surface area (Å²) in [5.41, 5.74) is 9.52. The molecule has 0 radical (unpaired) electrons. The molecular weight excluding hydrogens is 540 g/mol. The van der Waals surface area contributed by atoms with Gasteiger partial charge in [-0.3, -0.25) is 4.98 Å². The smallest absolute Gasteiger partial charge is 0.178 e. The minimum atomic E-state index is 0.794. The predicted octanol–water partition coefficient (Wildman–Crippen LogP) is 11.1. The number of fused-ring (bicyclic) bond motifs is 11. The number of aromatic nitrogens is 2. The predicted molar refractivity (Wildman–Crippen MR) is 180 cm³/mol. The molecule has 4 heteroatoms. The molecule has 0 atom stereocenters. The molecule has 0 aliphatic carbocycles. The molecule has 44 heavy (non-hydrogen) atoms. The third-order valence-corrected chi connectivity index (χ3v) is 8.88. The Bertz CT molecular complexity index is 2790. The zero-order chi connectivity index (χ0) is 28.8. The van der Waals surface area contributed by atoms with Crippen LogP contribution >= 0.6 is 0 Å². The summed E-state index contributed by atoms with van der Waals surface area (Å²) in [5.74, 6) is 0. The standard InChI is InChI=1S/C40H22N2O2/c1-2-6-35-30(5-1)31-15-16-32-33-22-28(14-18-36(33)44-40(32)39(31)43-35)26-9-10-27-21-29(12-11-25(27)20-26)34-17-13-24-8-7-23-4-3-19-41-37(23)38(24)42-34/h1-22H. The minimum Gasteiger partial charge on any atom is -0.452 e. The highest BCUT2D eigenvalue weighted by Gasteiger charge is 2.16. The van der Waals surface area contributed by atoms with Gasteiger partial charge in [0.05, 0.1) is 16.7 Å². The summed E-state index contributed by atoms with van der Waals surface area (Å²) in [6.45, 7) is 0. The van der Waals surface area contributed by atoms with Gasteiger partial charge < -0.3 is 8.83 Å². The lowest BCUT2D eigenvalue weighted by Crippen LogP contribution is -1.89. The van der Waals surface area contributed by atoms with Crippen LogP contribution in [0.2, 0.25) is 0 Å². The lowest BCUT2D eigenvalue weighted by molar-refractivity contribution is 0.633. The van der Waals surface area contributed by atoms with Gasteiger partial charge in [0, 0.05) is 44.1 Å². The van der Waals surface area contributed by atoms with E-state index in [2.05, 4.69) is 108 Å². The number of rotatable bonds is 2. The van der Waals surface area contributed by atoms with Gasteiger partial charge in [-0.2, -0.15) is 0 Å². The van der Waals surface area contributed by atoms with Crippen molar-refractivity contribution in [2.45, 2.75) is 0 Å². The number of hydrogen-bond donors (Lipinski definition) is 0. The highest BCUT2D eigenvalue weighted by molar-refractivity contribution is 6.19. The number of hydrogen-bond acceptors (Lipinski definition) is 4. The van der Waals surface area contributed by atoms with Crippen molar-refractivity contribution in [2.75, 3.05) is 0 Å². The summed E-state index contributed by atoms with van der Waals surface area (Å²) in [5, 5.41) is 8.86. The summed E-state index contributed by atoms with van der Waals surface area (Å²) < 4.78 is 12.6. The van der Waals surface area contributed by atoms with E-state index in [-0.39, 0.29) is 0 Å². The molecule has 0 unspecified atom stereocenters. The van der Waals surface area contributed by atoms with Gasteiger partial charge in [-0.15, -0.1) is 0 Å². The van der Waals surface area contributed by atoms with Crippen molar-refractivity contribution in [3.8, 4) is 22.4 Å². The maximum absolute atomic E-state index is 6.36. The zero-order valence-corrected chi connectivity index (χ0v) is 23.4. The summed E-state index contributed by atoms with van der Waals surface area (Å²) in [4.78, 5) is 9.66. The van der Waals surface area contributed by atoms with E-state index in [0.717, 1.165) is 88.1 Å². The number of para-hydroxylation sites is 1. The Hall–Kier alpha value is -6.00. The van der Waals surface area contributed by atoms with Crippen molar-refractivity contribution >= 4 is 76.5 Å². The quantitative estimate of drug-likeness (QED) is 0.197. The maximum Gasteiger partial charge on any atom is 0.178 e. The van der Waals surface area contributed by atoms with Crippen molar-refractivity contribution in [3.63, 3.8) is 0 Å². The summed E-state index contributed by atoms with van der Waals surface area (Å²) in [6.07, 6.45) is 1.83. The fourth-order valence-corrected chi connectivity index (χ4v) is 6.67. The van der Waals surface area contributed by atoms with E-state index in [4.69, 9.17) is 13.8 Å². The largest absolute Gasteiger partial charge is 0.452 e. The first-order valence-corrected chi connectivity index (χ1v) is 14.7. The Morgan fingerprint density at radius 3 is 1.91 bits per heavy atom. The van der Waals surface area contributed by atoms with Gasteiger partial charge in [0.1, 0.15) is 11.2 Å². The molecule has 10 rings (SSSR count). The molecule has 4 heterocycles. The van der Waals surface area contributed by atoms with Crippen LogP contribution < -0.4 is 0 Å². The second-order valence-electron chi connectivity index (χ2n) is 11.4. The van der Waals surface area contributed by atoms with E-state index in [1.165, 1.54) is 10.8 Å². The Kier molecular flexibility index (Phi) is 4.69. The van der Waals surface area contributed by atoms with Crippen LogP contribution in [0.15, 0.2) is 142 Å². The van der Waals surface area contributed by atoms with Crippen LogP contribution in [-0.4, -0.2) is 9.97 Å². The Balaban J connectivity index is 1.06. The number of nitrogens with zero attached hydrogens (tertiary/aromatic N) is 2. The molecule has 204 valence electrons. The van der Waals surface area contributed by atoms with Crippen molar-refractivity contribution < 1.29 is 8.83 Å². The topological polar surface area (TPSA) is 52.1 Å². The average Bonchev–Trinajstić information content (AvgIpc) is 3.66. The SMILES string of the molecule is c1cnc2c(c1)ccc1ccc(-c3ccc4cc(-c5ccc6oc7c(ccc8c9ccccc9oc87)c6c5)ccc4c3)nc12. The van der Waals surface area contributed by atoms with E-state index in [9.17, 15) is 0 Å². The van der Waals surface area contributed by atoms with Gasteiger partial charge in [0.2, 0.25) is 0 Å². The normalized spacial score (nSPS) is 12.1. The second-order valence-corrected chi connectivity index (χ2v) is 11.4. The molecule has 0 spiro atoms. The van der Waals surface area contributed by atoms with E-state index in [1.807, 2.05) is 30.5 Å². The van der Waals surface area contributed by atoms with Crippen LogP contribution in [0.4, 0.5) is 0 Å². The molecular formula is C40H22N2O2.